The number of fused-ring (bicyclic) bond motifs is 1. The van der Waals surface area contributed by atoms with Crippen LogP contribution in [-0.4, -0.2) is 18.2 Å². The Kier molecular flexibility index (Phi) is 4.28. The summed E-state index contributed by atoms with van der Waals surface area (Å²) < 4.78 is 5.44. The molecule has 1 N–H and O–H groups in total. The quantitative estimate of drug-likeness (QED) is 0.917. The molecule has 0 heterocycles. The predicted molar refractivity (Wildman–Crippen MR) is 79.8 cm³/mol. The molecule has 20 heavy (non-hydrogen) atoms. The van der Waals surface area contributed by atoms with E-state index in [9.17, 15) is 9.90 Å². The number of hydrogen-bond acceptors (Lipinski definition) is 2. The number of carboxylic acids is 1. The van der Waals surface area contributed by atoms with E-state index in [1.165, 1.54) is 11.1 Å². The molecule has 1 aromatic carbocycles. The van der Waals surface area contributed by atoms with Gasteiger partial charge in [0.2, 0.25) is 0 Å². The zero-order valence-electron chi connectivity index (χ0n) is 12.3. The number of ether oxygens (including phenoxy) is 1. The van der Waals surface area contributed by atoms with Crippen LogP contribution in [0.1, 0.15) is 43.4 Å². The molecular weight excluding hydrogens is 276 g/mol. The van der Waals surface area contributed by atoms with Gasteiger partial charge in [-0.05, 0) is 63.1 Å². The Morgan fingerprint density at radius 3 is 2.65 bits per heavy atom. The lowest BCUT2D eigenvalue weighted by Gasteiger charge is -2.27. The zero-order chi connectivity index (χ0) is 14.9. The van der Waals surface area contributed by atoms with Crippen molar-refractivity contribution in [3.8, 4) is 5.75 Å². The number of halogens is 1. The molecule has 2 rings (SSSR count). The minimum atomic E-state index is -0.830. The van der Waals surface area contributed by atoms with Crippen molar-refractivity contribution in [2.24, 2.45) is 5.41 Å². The van der Waals surface area contributed by atoms with Crippen molar-refractivity contribution in [1.82, 2.24) is 0 Å². The molecule has 0 amide bonds. The van der Waals surface area contributed by atoms with Crippen molar-refractivity contribution in [3.63, 3.8) is 0 Å². The molecular formula is C16H21ClO3. The molecule has 1 aliphatic carbocycles. The minimum absolute atomic E-state index is 0.439. The number of hydrogen-bond donors (Lipinski definition) is 1. The van der Waals surface area contributed by atoms with E-state index in [2.05, 4.69) is 0 Å². The van der Waals surface area contributed by atoms with Crippen LogP contribution in [0, 0.1) is 5.41 Å². The first-order valence-electron chi connectivity index (χ1n) is 6.97. The number of methoxy groups -OCH3 is 1. The van der Waals surface area contributed by atoms with Gasteiger partial charge in [0.05, 0.1) is 17.5 Å². The predicted octanol–water partition coefficient (Wildman–Crippen LogP) is 3.88. The third kappa shape index (κ3) is 2.78. The van der Waals surface area contributed by atoms with E-state index in [4.69, 9.17) is 16.3 Å². The van der Waals surface area contributed by atoms with E-state index in [0.717, 1.165) is 31.2 Å². The van der Waals surface area contributed by atoms with Crippen molar-refractivity contribution in [2.45, 2.75) is 46.0 Å². The Morgan fingerprint density at radius 1 is 1.40 bits per heavy atom. The van der Waals surface area contributed by atoms with E-state index in [0.29, 0.717) is 17.2 Å². The molecule has 0 atom stereocenters. The maximum atomic E-state index is 11.4. The van der Waals surface area contributed by atoms with Crippen molar-refractivity contribution in [1.29, 1.82) is 0 Å². The second kappa shape index (κ2) is 5.65. The first-order chi connectivity index (χ1) is 9.36. The van der Waals surface area contributed by atoms with Crippen molar-refractivity contribution in [2.75, 3.05) is 7.11 Å². The lowest BCUT2D eigenvalue weighted by Crippen LogP contribution is -2.27. The number of carbonyl (C=O) groups is 1. The molecule has 0 fully saturated rings. The molecule has 3 nitrogen and oxygen atoms in total. The molecule has 4 heteroatoms. The Bertz CT molecular complexity index is 535. The summed E-state index contributed by atoms with van der Waals surface area (Å²) in [7, 11) is 1.59. The zero-order valence-corrected chi connectivity index (χ0v) is 13.0. The van der Waals surface area contributed by atoms with Crippen molar-refractivity contribution < 1.29 is 14.6 Å². The smallest absolute Gasteiger partial charge is 0.309 e. The van der Waals surface area contributed by atoms with Gasteiger partial charge in [0.15, 0.2) is 0 Å². The fourth-order valence-corrected chi connectivity index (χ4v) is 3.18. The van der Waals surface area contributed by atoms with Crippen LogP contribution in [0.3, 0.4) is 0 Å². The summed E-state index contributed by atoms with van der Waals surface area (Å²) in [5.41, 5.74) is 2.63. The Hall–Kier alpha value is -1.22. The van der Waals surface area contributed by atoms with Gasteiger partial charge in [-0.2, -0.15) is 0 Å². The summed E-state index contributed by atoms with van der Waals surface area (Å²) in [6.07, 6.45) is 4.73. The molecule has 0 spiro atoms. The highest BCUT2D eigenvalue weighted by molar-refractivity contribution is 6.32. The van der Waals surface area contributed by atoms with Crippen LogP contribution < -0.4 is 4.74 Å². The van der Waals surface area contributed by atoms with Gasteiger partial charge in [0.25, 0.3) is 0 Å². The molecule has 0 radical (unpaired) electrons. The Morgan fingerprint density at radius 2 is 2.05 bits per heavy atom. The average Bonchev–Trinajstić information content (AvgIpc) is 2.38. The molecule has 1 aromatic rings. The molecule has 0 aliphatic heterocycles. The first-order valence-corrected chi connectivity index (χ1v) is 7.35. The number of aryl methyl sites for hydroxylation is 1. The van der Waals surface area contributed by atoms with Gasteiger partial charge < -0.3 is 9.84 Å². The molecule has 1 aliphatic rings. The minimum Gasteiger partial charge on any atom is -0.495 e. The highest BCUT2D eigenvalue weighted by Crippen LogP contribution is 2.40. The van der Waals surface area contributed by atoms with E-state index in [1.807, 2.05) is 6.07 Å². The van der Waals surface area contributed by atoms with Gasteiger partial charge in [-0.15, -0.1) is 0 Å². The Labute approximate surface area is 124 Å². The van der Waals surface area contributed by atoms with Gasteiger partial charge in [-0.1, -0.05) is 11.6 Å². The maximum Gasteiger partial charge on any atom is 0.309 e. The lowest BCUT2D eigenvalue weighted by atomic mass is 9.79. The molecule has 0 bridgehead atoms. The van der Waals surface area contributed by atoms with Crippen molar-refractivity contribution >= 4 is 17.6 Å². The van der Waals surface area contributed by atoms with Crippen LogP contribution in [-0.2, 0) is 24.1 Å². The fraction of sp³-hybridized carbons (Fsp3) is 0.562. The lowest BCUT2D eigenvalue weighted by molar-refractivity contribution is -0.146. The first kappa shape index (κ1) is 15.2. The second-order valence-corrected chi connectivity index (χ2v) is 6.49. The number of rotatable bonds is 4. The second-order valence-electron chi connectivity index (χ2n) is 6.08. The van der Waals surface area contributed by atoms with Gasteiger partial charge in [-0.25, -0.2) is 0 Å². The molecule has 0 saturated carbocycles. The topological polar surface area (TPSA) is 46.5 Å². The van der Waals surface area contributed by atoms with Crippen LogP contribution in [0.25, 0.3) is 0 Å². The summed E-state index contributed by atoms with van der Waals surface area (Å²) in [6.45, 7) is 3.48. The summed E-state index contributed by atoms with van der Waals surface area (Å²) in [6, 6.07) is 1.98. The molecule has 0 saturated heterocycles. The van der Waals surface area contributed by atoms with E-state index in [-0.39, 0.29) is 0 Å². The SMILES string of the molecule is COc1c(Cl)cc2c(c1CC(C)(C)C(=O)O)CCCC2. The largest absolute Gasteiger partial charge is 0.495 e. The summed E-state index contributed by atoms with van der Waals surface area (Å²) in [4.78, 5) is 11.4. The van der Waals surface area contributed by atoms with Gasteiger partial charge >= 0.3 is 5.97 Å². The third-order valence-corrected chi connectivity index (χ3v) is 4.35. The van der Waals surface area contributed by atoms with Crippen LogP contribution in [0.15, 0.2) is 6.07 Å². The van der Waals surface area contributed by atoms with Gasteiger partial charge in [-0.3, -0.25) is 4.79 Å². The average molecular weight is 297 g/mol. The van der Waals surface area contributed by atoms with E-state index < -0.39 is 11.4 Å². The molecule has 0 aromatic heterocycles. The van der Waals surface area contributed by atoms with Crippen LogP contribution >= 0.6 is 11.6 Å². The highest BCUT2D eigenvalue weighted by Gasteiger charge is 2.31. The highest BCUT2D eigenvalue weighted by atomic mass is 35.5. The van der Waals surface area contributed by atoms with E-state index in [1.54, 1.807) is 21.0 Å². The monoisotopic (exact) mass is 296 g/mol. The van der Waals surface area contributed by atoms with Crippen LogP contribution in [0.5, 0.6) is 5.75 Å². The third-order valence-electron chi connectivity index (χ3n) is 4.07. The van der Waals surface area contributed by atoms with Crippen molar-refractivity contribution in [3.05, 3.63) is 27.8 Å². The van der Waals surface area contributed by atoms with Crippen LogP contribution in [0.2, 0.25) is 5.02 Å². The fourth-order valence-electron chi connectivity index (χ4n) is 2.86. The maximum absolute atomic E-state index is 11.4. The number of benzene rings is 1. The summed E-state index contributed by atoms with van der Waals surface area (Å²) >= 11 is 6.30. The van der Waals surface area contributed by atoms with Gasteiger partial charge in [0, 0.05) is 5.56 Å². The summed E-state index contributed by atoms with van der Waals surface area (Å²) in [5.74, 6) is -0.161. The van der Waals surface area contributed by atoms with E-state index >= 15 is 0 Å². The molecule has 0 unspecified atom stereocenters. The Balaban J connectivity index is 2.54. The normalized spacial score (nSPS) is 14.8. The summed E-state index contributed by atoms with van der Waals surface area (Å²) in [5, 5.41) is 9.95. The van der Waals surface area contributed by atoms with Gasteiger partial charge in [0.1, 0.15) is 5.75 Å². The van der Waals surface area contributed by atoms with Crippen LogP contribution in [0.4, 0.5) is 0 Å². The standard InChI is InChI=1S/C16H21ClO3/c1-16(2,15(18)19)9-12-11-7-5-4-6-10(11)8-13(17)14(12)20-3/h8H,4-7,9H2,1-3H3,(H,18,19). The number of aliphatic carboxylic acids is 1. The number of carboxylic acid groups (broad SMARTS) is 1. The molecule has 110 valence electrons.